The second-order valence-corrected chi connectivity index (χ2v) is 9.58. The Morgan fingerprint density at radius 2 is 1.83 bits per heavy atom. The maximum absolute atomic E-state index is 12.5. The zero-order valence-electron chi connectivity index (χ0n) is 13.3. The van der Waals surface area contributed by atoms with Crippen LogP contribution in [0.25, 0.3) is 0 Å². The van der Waals surface area contributed by atoms with Gasteiger partial charge in [0.05, 0.1) is 6.61 Å². The summed E-state index contributed by atoms with van der Waals surface area (Å²) in [6.45, 7) is 2.67. The molecule has 1 aliphatic rings. The van der Waals surface area contributed by atoms with Crippen LogP contribution in [0.2, 0.25) is 0 Å². The molecular formula is C19H18Br2O3. The van der Waals surface area contributed by atoms with Gasteiger partial charge < -0.3 is 9.47 Å². The van der Waals surface area contributed by atoms with E-state index >= 15 is 0 Å². The number of alkyl halides is 2. The predicted molar refractivity (Wildman–Crippen MR) is 101 cm³/mol. The molecule has 2 aromatic carbocycles. The molecule has 1 aliphatic carbocycles. The Kier molecular flexibility index (Phi) is 5.02. The fraction of sp³-hybridized carbons (Fsp3) is 0.316. The zero-order valence-corrected chi connectivity index (χ0v) is 16.5. The highest BCUT2D eigenvalue weighted by Crippen LogP contribution is 2.67. The van der Waals surface area contributed by atoms with Crippen LogP contribution in [0, 0.1) is 0 Å². The van der Waals surface area contributed by atoms with E-state index in [9.17, 15) is 4.79 Å². The first kappa shape index (κ1) is 17.5. The van der Waals surface area contributed by atoms with Crippen LogP contribution in [0.1, 0.15) is 24.5 Å². The summed E-state index contributed by atoms with van der Waals surface area (Å²) in [6, 6.07) is 17.7. The molecule has 24 heavy (non-hydrogen) atoms. The average molecular weight is 454 g/mol. The van der Waals surface area contributed by atoms with E-state index in [1.54, 1.807) is 0 Å². The van der Waals surface area contributed by atoms with Crippen molar-refractivity contribution >= 4 is 37.8 Å². The van der Waals surface area contributed by atoms with Crippen molar-refractivity contribution in [3.05, 3.63) is 65.7 Å². The van der Waals surface area contributed by atoms with E-state index in [1.807, 2.05) is 61.5 Å². The van der Waals surface area contributed by atoms with Crippen LogP contribution in [0.4, 0.5) is 0 Å². The number of benzene rings is 2. The largest absolute Gasteiger partial charge is 0.489 e. The van der Waals surface area contributed by atoms with Crippen molar-refractivity contribution in [1.82, 2.24) is 0 Å². The Morgan fingerprint density at radius 1 is 1.12 bits per heavy atom. The molecule has 1 atom stereocenters. The second-order valence-electron chi connectivity index (χ2n) is 5.81. The summed E-state index contributed by atoms with van der Waals surface area (Å²) in [4.78, 5) is 12.5. The first-order chi connectivity index (χ1) is 11.5. The molecule has 0 heterocycles. The molecule has 1 unspecified atom stereocenters. The number of carbonyl (C=O) groups excluding carboxylic acids is 1. The normalized spacial score (nSPS) is 21.1. The van der Waals surface area contributed by atoms with Gasteiger partial charge in [0.1, 0.15) is 21.0 Å². The quantitative estimate of drug-likeness (QED) is 0.458. The Hall–Kier alpha value is -1.33. The summed E-state index contributed by atoms with van der Waals surface area (Å²) in [7, 11) is 0. The smallest absolute Gasteiger partial charge is 0.318 e. The lowest BCUT2D eigenvalue weighted by Crippen LogP contribution is -2.28. The van der Waals surface area contributed by atoms with E-state index in [2.05, 4.69) is 31.9 Å². The summed E-state index contributed by atoms with van der Waals surface area (Å²) < 4.78 is 10.7. The molecule has 0 saturated heterocycles. The van der Waals surface area contributed by atoms with Crippen LogP contribution in [0.15, 0.2) is 54.6 Å². The van der Waals surface area contributed by atoms with Gasteiger partial charge in [0.2, 0.25) is 0 Å². The molecule has 1 fully saturated rings. The van der Waals surface area contributed by atoms with Crippen LogP contribution >= 0.6 is 31.9 Å². The average Bonchev–Trinajstić information content (AvgIpc) is 3.18. The highest BCUT2D eigenvalue weighted by molar-refractivity contribution is 9.25. The molecule has 0 N–H and O–H groups in total. The lowest BCUT2D eigenvalue weighted by molar-refractivity contribution is -0.146. The van der Waals surface area contributed by atoms with Gasteiger partial charge in [-0.2, -0.15) is 0 Å². The molecule has 0 aromatic heterocycles. The van der Waals surface area contributed by atoms with Gasteiger partial charge in [-0.25, -0.2) is 0 Å². The Bertz CT molecular complexity index is 730. The lowest BCUT2D eigenvalue weighted by Gasteiger charge is -2.18. The van der Waals surface area contributed by atoms with Crippen molar-refractivity contribution in [2.75, 3.05) is 6.61 Å². The Labute approximate surface area is 158 Å². The van der Waals surface area contributed by atoms with Crippen LogP contribution in [0.5, 0.6) is 5.75 Å². The number of rotatable bonds is 6. The summed E-state index contributed by atoms with van der Waals surface area (Å²) in [5.74, 6) is 0.515. The maximum atomic E-state index is 12.5. The molecule has 0 radical (unpaired) electrons. The van der Waals surface area contributed by atoms with E-state index in [0.29, 0.717) is 19.6 Å². The number of carbonyl (C=O) groups is 1. The van der Waals surface area contributed by atoms with Gasteiger partial charge in [0.15, 0.2) is 0 Å². The molecule has 0 amide bonds. The van der Waals surface area contributed by atoms with Crippen molar-refractivity contribution in [2.45, 2.75) is 28.6 Å². The standard InChI is InChI=1S/C19H18Br2O3/c1-2-23-17(22)18(13-19(18,20)21)15-9-6-10-16(11-15)24-12-14-7-4-3-5-8-14/h3-11H,2,12-13H2,1H3. The van der Waals surface area contributed by atoms with Crippen molar-refractivity contribution in [3.8, 4) is 5.75 Å². The predicted octanol–water partition coefficient (Wildman–Crippen LogP) is 4.96. The van der Waals surface area contributed by atoms with Gasteiger partial charge in [-0.1, -0.05) is 74.3 Å². The van der Waals surface area contributed by atoms with Gasteiger partial charge >= 0.3 is 5.97 Å². The molecule has 5 heteroatoms. The number of halogens is 2. The van der Waals surface area contributed by atoms with Gasteiger partial charge in [0, 0.05) is 0 Å². The van der Waals surface area contributed by atoms with E-state index < -0.39 is 8.65 Å². The topological polar surface area (TPSA) is 35.5 Å². The van der Waals surface area contributed by atoms with Crippen molar-refractivity contribution in [3.63, 3.8) is 0 Å². The third-order valence-corrected chi connectivity index (χ3v) is 6.10. The molecule has 0 spiro atoms. The van der Waals surface area contributed by atoms with E-state index in [-0.39, 0.29) is 5.97 Å². The molecule has 1 saturated carbocycles. The number of hydrogen-bond donors (Lipinski definition) is 0. The summed E-state index contributed by atoms with van der Waals surface area (Å²) in [5.41, 5.74) is 1.28. The van der Waals surface area contributed by atoms with Crippen LogP contribution in [0.3, 0.4) is 0 Å². The van der Waals surface area contributed by atoms with Gasteiger partial charge in [-0.15, -0.1) is 0 Å². The SMILES string of the molecule is CCOC(=O)C1(c2cccc(OCc3ccccc3)c2)CC1(Br)Br. The summed E-state index contributed by atoms with van der Waals surface area (Å²) >= 11 is 7.18. The van der Waals surface area contributed by atoms with Gasteiger partial charge in [0.25, 0.3) is 0 Å². The second kappa shape index (κ2) is 6.89. The monoisotopic (exact) mass is 452 g/mol. The third kappa shape index (κ3) is 3.24. The van der Waals surface area contributed by atoms with Crippen LogP contribution in [-0.2, 0) is 21.6 Å². The fourth-order valence-corrected chi connectivity index (χ4v) is 4.41. The highest BCUT2D eigenvalue weighted by Gasteiger charge is 2.72. The molecule has 2 aromatic rings. The maximum Gasteiger partial charge on any atom is 0.318 e. The van der Waals surface area contributed by atoms with Gasteiger partial charge in [-0.3, -0.25) is 4.79 Å². The summed E-state index contributed by atoms with van der Waals surface area (Å²) in [6.07, 6.45) is 0.640. The van der Waals surface area contributed by atoms with E-state index in [4.69, 9.17) is 9.47 Å². The Balaban J connectivity index is 1.81. The van der Waals surface area contributed by atoms with Crippen molar-refractivity contribution in [1.29, 1.82) is 0 Å². The van der Waals surface area contributed by atoms with E-state index in [1.165, 1.54) is 0 Å². The van der Waals surface area contributed by atoms with Crippen molar-refractivity contribution in [2.24, 2.45) is 0 Å². The first-order valence-electron chi connectivity index (χ1n) is 7.82. The molecule has 3 nitrogen and oxygen atoms in total. The van der Waals surface area contributed by atoms with Crippen LogP contribution in [-0.4, -0.2) is 15.8 Å². The number of esters is 1. The molecule has 126 valence electrons. The molecule has 3 rings (SSSR count). The minimum absolute atomic E-state index is 0.223. The third-order valence-electron chi connectivity index (χ3n) is 4.19. The fourth-order valence-electron chi connectivity index (χ4n) is 2.79. The van der Waals surface area contributed by atoms with Crippen molar-refractivity contribution < 1.29 is 14.3 Å². The highest BCUT2D eigenvalue weighted by atomic mass is 79.9. The van der Waals surface area contributed by atoms with E-state index in [0.717, 1.165) is 16.9 Å². The lowest BCUT2D eigenvalue weighted by atomic mass is 9.96. The minimum atomic E-state index is -0.713. The number of hydrogen-bond acceptors (Lipinski definition) is 3. The number of ether oxygens (including phenoxy) is 2. The molecule has 0 bridgehead atoms. The minimum Gasteiger partial charge on any atom is -0.489 e. The van der Waals surface area contributed by atoms with Gasteiger partial charge in [-0.05, 0) is 36.6 Å². The molecule has 0 aliphatic heterocycles. The molecular weight excluding hydrogens is 436 g/mol. The first-order valence-corrected chi connectivity index (χ1v) is 9.40. The Morgan fingerprint density at radius 3 is 2.46 bits per heavy atom. The van der Waals surface area contributed by atoms with Crippen LogP contribution < -0.4 is 4.74 Å². The summed E-state index contributed by atoms with van der Waals surface area (Å²) in [5, 5.41) is 0. The zero-order chi connectivity index (χ0) is 17.2.